The smallest absolute Gasteiger partial charge is 0.317 e. The quantitative estimate of drug-likeness (QED) is 0.710. The molecular weight excluding hydrogens is 371 g/mol. The molecule has 150 valence electrons. The van der Waals surface area contributed by atoms with E-state index in [1.54, 1.807) is 12.1 Å². The third kappa shape index (κ3) is 4.80. The lowest BCUT2D eigenvalue weighted by Gasteiger charge is -2.30. The van der Waals surface area contributed by atoms with Crippen molar-refractivity contribution < 1.29 is 13.7 Å². The molecule has 2 amide bonds. The molecule has 2 aromatic carbocycles. The number of amides is 2. The molecule has 2 heterocycles. The number of halogens is 1. The number of piperidine rings is 1. The first-order valence-electron chi connectivity index (χ1n) is 9.85. The molecule has 1 aliphatic rings. The summed E-state index contributed by atoms with van der Waals surface area (Å²) in [5.41, 5.74) is 1.93. The molecule has 3 aromatic rings. The third-order valence-electron chi connectivity index (χ3n) is 5.21. The Morgan fingerprint density at radius 3 is 2.55 bits per heavy atom. The van der Waals surface area contributed by atoms with Crippen LogP contribution in [0.4, 0.5) is 9.18 Å². The van der Waals surface area contributed by atoms with Gasteiger partial charge in [0.2, 0.25) is 11.7 Å². The van der Waals surface area contributed by atoms with Crippen LogP contribution in [-0.4, -0.2) is 40.7 Å². The van der Waals surface area contributed by atoms with Crippen molar-refractivity contribution in [2.45, 2.75) is 25.2 Å². The molecule has 1 saturated heterocycles. The van der Waals surface area contributed by atoms with Gasteiger partial charge in [-0.25, -0.2) is 9.18 Å². The monoisotopic (exact) mass is 394 g/mol. The van der Waals surface area contributed by atoms with Gasteiger partial charge in [0.15, 0.2) is 0 Å². The van der Waals surface area contributed by atoms with E-state index in [4.69, 9.17) is 4.52 Å². The second kappa shape index (κ2) is 8.86. The van der Waals surface area contributed by atoms with Gasteiger partial charge in [-0.2, -0.15) is 4.98 Å². The van der Waals surface area contributed by atoms with E-state index in [1.165, 1.54) is 17.7 Å². The summed E-state index contributed by atoms with van der Waals surface area (Å²) in [6, 6.07) is 16.1. The molecule has 1 aliphatic heterocycles. The number of carbonyl (C=O) groups is 1. The summed E-state index contributed by atoms with van der Waals surface area (Å²) in [6.07, 6.45) is 2.37. The Morgan fingerprint density at radius 1 is 1.10 bits per heavy atom. The molecule has 0 atom stereocenters. The van der Waals surface area contributed by atoms with Crippen LogP contribution in [0, 0.1) is 5.82 Å². The predicted octanol–water partition coefficient (Wildman–Crippen LogP) is 4.01. The largest absolute Gasteiger partial charge is 0.339 e. The van der Waals surface area contributed by atoms with Gasteiger partial charge in [-0.3, -0.25) is 0 Å². The first-order chi connectivity index (χ1) is 14.2. The third-order valence-corrected chi connectivity index (χ3v) is 5.21. The Morgan fingerprint density at radius 2 is 1.83 bits per heavy atom. The van der Waals surface area contributed by atoms with Gasteiger partial charge in [0.1, 0.15) is 5.82 Å². The van der Waals surface area contributed by atoms with Gasteiger partial charge in [0, 0.05) is 31.1 Å². The average Bonchev–Trinajstić information content (AvgIpc) is 3.25. The maximum atomic E-state index is 13.1. The molecule has 7 heteroatoms. The Bertz CT molecular complexity index is 935. The summed E-state index contributed by atoms with van der Waals surface area (Å²) in [5, 5.41) is 7.00. The highest BCUT2D eigenvalue weighted by Crippen LogP contribution is 2.28. The number of urea groups is 1. The first-order valence-corrected chi connectivity index (χ1v) is 9.85. The van der Waals surface area contributed by atoms with E-state index < -0.39 is 0 Å². The average molecular weight is 394 g/mol. The van der Waals surface area contributed by atoms with E-state index in [9.17, 15) is 9.18 Å². The van der Waals surface area contributed by atoms with Crippen LogP contribution in [0.15, 0.2) is 59.1 Å². The summed E-state index contributed by atoms with van der Waals surface area (Å²) in [4.78, 5) is 18.7. The van der Waals surface area contributed by atoms with Gasteiger partial charge in [-0.05, 0) is 49.1 Å². The zero-order chi connectivity index (χ0) is 20.1. The summed E-state index contributed by atoms with van der Waals surface area (Å²) in [6.45, 7) is 1.92. The molecule has 6 nitrogen and oxygen atoms in total. The van der Waals surface area contributed by atoms with E-state index in [0.717, 1.165) is 24.8 Å². The normalized spacial score (nSPS) is 14.7. The Labute approximate surface area is 168 Å². The summed E-state index contributed by atoms with van der Waals surface area (Å²) < 4.78 is 18.5. The summed E-state index contributed by atoms with van der Waals surface area (Å²) >= 11 is 0. The number of likely N-dealkylation sites (tertiary alicyclic amines) is 1. The maximum absolute atomic E-state index is 13.1. The van der Waals surface area contributed by atoms with Crippen molar-refractivity contribution in [1.29, 1.82) is 0 Å². The van der Waals surface area contributed by atoms with Crippen molar-refractivity contribution in [2.24, 2.45) is 0 Å². The van der Waals surface area contributed by atoms with Crippen molar-refractivity contribution in [3.8, 4) is 11.4 Å². The predicted molar refractivity (Wildman–Crippen MR) is 107 cm³/mol. The molecule has 1 aromatic heterocycles. The van der Waals surface area contributed by atoms with Crippen LogP contribution in [0.3, 0.4) is 0 Å². The molecule has 0 aliphatic carbocycles. The van der Waals surface area contributed by atoms with Crippen LogP contribution < -0.4 is 5.32 Å². The lowest BCUT2D eigenvalue weighted by molar-refractivity contribution is 0.175. The number of nitrogens with zero attached hydrogens (tertiary/aromatic N) is 3. The molecule has 1 fully saturated rings. The van der Waals surface area contributed by atoms with Gasteiger partial charge in [0.25, 0.3) is 0 Å². The zero-order valence-corrected chi connectivity index (χ0v) is 16.1. The van der Waals surface area contributed by atoms with E-state index in [-0.39, 0.29) is 17.8 Å². The molecule has 0 bridgehead atoms. The summed E-state index contributed by atoms with van der Waals surface area (Å²) in [5.74, 6) is 0.867. The number of hydrogen-bond acceptors (Lipinski definition) is 4. The van der Waals surface area contributed by atoms with Gasteiger partial charge in [0.05, 0.1) is 0 Å². The molecule has 0 unspecified atom stereocenters. The van der Waals surface area contributed by atoms with Crippen LogP contribution in [0.2, 0.25) is 0 Å². The molecule has 0 radical (unpaired) electrons. The van der Waals surface area contributed by atoms with Crippen molar-refractivity contribution >= 4 is 6.03 Å². The van der Waals surface area contributed by atoms with Gasteiger partial charge in [-0.15, -0.1) is 0 Å². The van der Waals surface area contributed by atoms with Gasteiger partial charge in [-0.1, -0.05) is 35.5 Å². The number of benzene rings is 2. The van der Waals surface area contributed by atoms with Crippen molar-refractivity contribution in [3.05, 3.63) is 71.9 Å². The van der Waals surface area contributed by atoms with E-state index in [0.29, 0.717) is 31.3 Å². The number of nitrogens with one attached hydrogen (secondary N) is 1. The fourth-order valence-electron chi connectivity index (χ4n) is 3.52. The van der Waals surface area contributed by atoms with E-state index in [1.807, 2.05) is 23.1 Å². The number of hydrogen-bond donors (Lipinski definition) is 1. The highest BCUT2D eigenvalue weighted by molar-refractivity contribution is 5.74. The van der Waals surface area contributed by atoms with Gasteiger partial charge < -0.3 is 14.7 Å². The minimum absolute atomic E-state index is 0.0306. The van der Waals surface area contributed by atoms with Crippen LogP contribution in [-0.2, 0) is 6.42 Å². The highest BCUT2D eigenvalue weighted by Gasteiger charge is 2.27. The first kappa shape index (κ1) is 19.1. The maximum Gasteiger partial charge on any atom is 0.317 e. The summed E-state index contributed by atoms with van der Waals surface area (Å²) in [7, 11) is 0. The number of aromatic nitrogens is 2. The topological polar surface area (TPSA) is 71.3 Å². The van der Waals surface area contributed by atoms with Crippen LogP contribution in [0.25, 0.3) is 11.4 Å². The minimum atomic E-state index is -0.299. The minimum Gasteiger partial charge on any atom is -0.339 e. The van der Waals surface area contributed by atoms with Crippen molar-refractivity contribution in [3.63, 3.8) is 0 Å². The lowest BCUT2D eigenvalue weighted by atomic mass is 9.97. The van der Waals surface area contributed by atoms with Crippen LogP contribution in [0.1, 0.15) is 30.2 Å². The van der Waals surface area contributed by atoms with Gasteiger partial charge >= 0.3 is 6.03 Å². The molecular formula is C22H23FN4O2. The second-order valence-corrected chi connectivity index (χ2v) is 7.19. The van der Waals surface area contributed by atoms with Crippen molar-refractivity contribution in [1.82, 2.24) is 20.4 Å². The highest BCUT2D eigenvalue weighted by atomic mass is 19.1. The fraction of sp³-hybridized carbons (Fsp3) is 0.318. The SMILES string of the molecule is O=C(NCCc1ccccc1)N1CCC(c2nc(-c3ccc(F)cc3)no2)CC1. The molecule has 4 rings (SSSR count). The van der Waals surface area contributed by atoms with Crippen LogP contribution >= 0.6 is 0 Å². The molecule has 29 heavy (non-hydrogen) atoms. The zero-order valence-electron chi connectivity index (χ0n) is 16.1. The Hall–Kier alpha value is -3.22. The van der Waals surface area contributed by atoms with Crippen molar-refractivity contribution in [2.75, 3.05) is 19.6 Å². The molecule has 0 saturated carbocycles. The van der Waals surface area contributed by atoms with Crippen LogP contribution in [0.5, 0.6) is 0 Å². The number of rotatable bonds is 5. The fourth-order valence-corrected chi connectivity index (χ4v) is 3.52. The lowest BCUT2D eigenvalue weighted by Crippen LogP contribution is -2.44. The van der Waals surface area contributed by atoms with E-state index >= 15 is 0 Å². The van der Waals surface area contributed by atoms with E-state index in [2.05, 4.69) is 27.6 Å². The standard InChI is InChI=1S/C22H23FN4O2/c23-19-8-6-17(7-9-19)20-25-21(29-26-20)18-11-14-27(15-12-18)22(28)24-13-10-16-4-2-1-3-5-16/h1-9,18H,10-15H2,(H,24,28). The molecule has 0 spiro atoms. The second-order valence-electron chi connectivity index (χ2n) is 7.19. The number of carbonyl (C=O) groups excluding carboxylic acids is 1. The Kier molecular flexibility index (Phi) is 5.84. The Balaban J connectivity index is 1.26. The molecule has 1 N–H and O–H groups in total.